The first kappa shape index (κ1) is 12.5. The first-order valence-corrected chi connectivity index (χ1v) is 6.24. The van der Waals surface area contributed by atoms with Crippen LogP contribution in [0.4, 0.5) is 0 Å². The van der Waals surface area contributed by atoms with E-state index in [9.17, 15) is 0 Å². The van der Waals surface area contributed by atoms with Crippen LogP contribution in [0.15, 0.2) is 22.8 Å². The monoisotopic (exact) mass is 314 g/mol. The quantitative estimate of drug-likeness (QED) is 0.842. The second kappa shape index (κ2) is 4.70. The van der Waals surface area contributed by atoms with Gasteiger partial charge in [0, 0.05) is 12.6 Å². The Bertz CT molecular complexity index is 566. The average Bonchev–Trinajstić information content (AvgIpc) is 2.54. The summed E-state index contributed by atoms with van der Waals surface area (Å²) in [6.07, 6.45) is 0. The van der Waals surface area contributed by atoms with Crippen LogP contribution < -0.4 is 4.74 Å². The lowest BCUT2D eigenvalue weighted by atomic mass is 10.1. The van der Waals surface area contributed by atoms with E-state index in [0.717, 1.165) is 27.4 Å². The van der Waals surface area contributed by atoms with Gasteiger partial charge in [0.05, 0.1) is 17.8 Å². The molecule has 0 spiro atoms. The summed E-state index contributed by atoms with van der Waals surface area (Å²) in [7, 11) is 3.58. The molecule has 0 amide bonds. The zero-order valence-electron chi connectivity index (χ0n) is 9.79. The minimum atomic E-state index is 0.646. The molecule has 3 nitrogen and oxygen atoms in total. The molecule has 1 aromatic carbocycles. The first-order valence-electron chi connectivity index (χ1n) is 5.07. The van der Waals surface area contributed by atoms with E-state index in [1.165, 1.54) is 0 Å². The predicted octanol–water partition coefficient (Wildman–Crippen LogP) is 3.82. The Labute approximate surface area is 114 Å². The summed E-state index contributed by atoms with van der Waals surface area (Å²) >= 11 is 9.71. The second-order valence-corrected chi connectivity index (χ2v) is 4.86. The van der Waals surface area contributed by atoms with Crippen molar-refractivity contribution < 1.29 is 4.74 Å². The van der Waals surface area contributed by atoms with Crippen molar-refractivity contribution in [1.82, 2.24) is 9.55 Å². The maximum absolute atomic E-state index is 6.25. The van der Waals surface area contributed by atoms with Gasteiger partial charge in [0.15, 0.2) is 0 Å². The number of benzene rings is 1. The fourth-order valence-corrected chi connectivity index (χ4v) is 2.67. The number of hydrogen-bond acceptors (Lipinski definition) is 2. The Morgan fingerprint density at radius 2 is 2.12 bits per heavy atom. The minimum Gasteiger partial charge on any atom is -0.497 e. The summed E-state index contributed by atoms with van der Waals surface area (Å²) in [6, 6.07) is 5.62. The molecule has 0 saturated carbocycles. The van der Waals surface area contributed by atoms with Gasteiger partial charge in [-0.3, -0.25) is 0 Å². The summed E-state index contributed by atoms with van der Waals surface area (Å²) in [5, 5.41) is 0.646. The van der Waals surface area contributed by atoms with Gasteiger partial charge in [0.25, 0.3) is 0 Å². The number of imidazole rings is 1. The Morgan fingerprint density at radius 1 is 1.41 bits per heavy atom. The maximum Gasteiger partial charge on any atom is 0.132 e. The van der Waals surface area contributed by atoms with E-state index in [4.69, 9.17) is 16.3 Å². The van der Waals surface area contributed by atoms with Crippen molar-refractivity contribution in [3.05, 3.63) is 33.6 Å². The molecule has 2 rings (SSSR count). The fourth-order valence-electron chi connectivity index (χ4n) is 1.68. The van der Waals surface area contributed by atoms with Crippen LogP contribution in [0.2, 0.25) is 5.02 Å². The molecule has 17 heavy (non-hydrogen) atoms. The van der Waals surface area contributed by atoms with Crippen LogP contribution in [0.25, 0.3) is 11.3 Å². The predicted molar refractivity (Wildman–Crippen MR) is 72.6 cm³/mol. The Balaban J connectivity index is 2.60. The molecule has 0 unspecified atom stereocenters. The summed E-state index contributed by atoms with van der Waals surface area (Å²) in [4.78, 5) is 4.36. The van der Waals surface area contributed by atoms with Crippen molar-refractivity contribution in [1.29, 1.82) is 0 Å². The van der Waals surface area contributed by atoms with Crippen molar-refractivity contribution in [2.45, 2.75) is 6.92 Å². The average molecular weight is 316 g/mol. The molecule has 1 aromatic heterocycles. The van der Waals surface area contributed by atoms with Crippen LogP contribution in [-0.2, 0) is 7.05 Å². The number of methoxy groups -OCH3 is 1. The Kier molecular flexibility index (Phi) is 3.45. The normalized spacial score (nSPS) is 10.6. The molecule has 2 aromatic rings. The molecule has 0 saturated heterocycles. The highest BCUT2D eigenvalue weighted by molar-refractivity contribution is 9.10. The molecule has 90 valence electrons. The van der Waals surface area contributed by atoms with Crippen molar-refractivity contribution in [3.63, 3.8) is 0 Å². The molecule has 0 radical (unpaired) electrons. The maximum atomic E-state index is 6.25. The van der Waals surface area contributed by atoms with Crippen LogP contribution in [0.1, 0.15) is 5.82 Å². The highest BCUT2D eigenvalue weighted by Gasteiger charge is 2.15. The van der Waals surface area contributed by atoms with E-state index in [0.29, 0.717) is 5.02 Å². The molecule has 0 aliphatic rings. The van der Waals surface area contributed by atoms with E-state index < -0.39 is 0 Å². The number of hydrogen-bond donors (Lipinski definition) is 0. The van der Waals surface area contributed by atoms with Gasteiger partial charge in [0.2, 0.25) is 0 Å². The van der Waals surface area contributed by atoms with Gasteiger partial charge in [-0.2, -0.15) is 0 Å². The molecular weight excluding hydrogens is 304 g/mol. The van der Waals surface area contributed by atoms with E-state index >= 15 is 0 Å². The summed E-state index contributed by atoms with van der Waals surface area (Å²) in [5.41, 5.74) is 1.90. The molecule has 1 heterocycles. The van der Waals surface area contributed by atoms with E-state index in [2.05, 4.69) is 20.9 Å². The molecule has 0 fully saturated rings. The molecule has 0 aliphatic carbocycles. The Hall–Kier alpha value is -1.00. The minimum absolute atomic E-state index is 0.646. The lowest BCUT2D eigenvalue weighted by Gasteiger charge is -2.08. The lowest BCUT2D eigenvalue weighted by Crippen LogP contribution is -1.95. The third-order valence-electron chi connectivity index (χ3n) is 2.71. The number of aromatic nitrogens is 2. The van der Waals surface area contributed by atoms with Crippen LogP contribution in [0.5, 0.6) is 5.75 Å². The van der Waals surface area contributed by atoms with Gasteiger partial charge >= 0.3 is 0 Å². The van der Waals surface area contributed by atoms with E-state index in [-0.39, 0.29) is 0 Å². The number of ether oxygens (including phenoxy) is 1. The second-order valence-electron chi connectivity index (χ2n) is 3.70. The van der Waals surface area contributed by atoms with Crippen molar-refractivity contribution in [2.75, 3.05) is 7.11 Å². The Morgan fingerprint density at radius 3 is 2.59 bits per heavy atom. The topological polar surface area (TPSA) is 27.1 Å². The third-order valence-corrected chi connectivity index (χ3v) is 3.57. The summed E-state index contributed by atoms with van der Waals surface area (Å²) in [6.45, 7) is 1.95. The summed E-state index contributed by atoms with van der Waals surface area (Å²) < 4.78 is 7.93. The van der Waals surface area contributed by atoms with Gasteiger partial charge in [-0.1, -0.05) is 11.6 Å². The molecule has 0 aliphatic heterocycles. The highest BCUT2D eigenvalue weighted by atomic mass is 79.9. The van der Waals surface area contributed by atoms with Gasteiger partial charge in [-0.25, -0.2) is 4.98 Å². The molecule has 5 heteroatoms. The molecule has 0 N–H and O–H groups in total. The summed E-state index contributed by atoms with van der Waals surface area (Å²) in [5.74, 6) is 1.67. The van der Waals surface area contributed by atoms with Gasteiger partial charge < -0.3 is 9.30 Å². The third kappa shape index (κ3) is 2.19. The van der Waals surface area contributed by atoms with Crippen molar-refractivity contribution >= 4 is 27.5 Å². The first-order chi connectivity index (χ1) is 8.04. The number of halogens is 2. The largest absolute Gasteiger partial charge is 0.497 e. The number of aryl methyl sites for hydroxylation is 1. The number of rotatable bonds is 2. The van der Waals surface area contributed by atoms with Crippen LogP contribution in [0.3, 0.4) is 0 Å². The molecule has 0 atom stereocenters. The SMILES string of the molecule is COc1ccc(-c2c(Br)nc(C)n2C)c(Cl)c1. The molecule has 0 bridgehead atoms. The van der Waals surface area contributed by atoms with Crippen LogP contribution in [0, 0.1) is 6.92 Å². The standard InChI is InChI=1S/C12H12BrClN2O/c1-7-15-12(13)11(16(7)2)9-5-4-8(17-3)6-10(9)14/h4-6H,1-3H3. The lowest BCUT2D eigenvalue weighted by molar-refractivity contribution is 0.415. The van der Waals surface area contributed by atoms with Crippen LogP contribution in [-0.4, -0.2) is 16.7 Å². The van der Waals surface area contributed by atoms with Crippen molar-refractivity contribution in [3.8, 4) is 17.0 Å². The van der Waals surface area contributed by atoms with Crippen molar-refractivity contribution in [2.24, 2.45) is 7.05 Å². The smallest absolute Gasteiger partial charge is 0.132 e. The molecular formula is C12H12BrClN2O. The van der Waals surface area contributed by atoms with Gasteiger partial charge in [-0.15, -0.1) is 0 Å². The fraction of sp³-hybridized carbons (Fsp3) is 0.250. The van der Waals surface area contributed by atoms with Gasteiger partial charge in [0.1, 0.15) is 16.2 Å². The van der Waals surface area contributed by atoms with E-state index in [1.807, 2.05) is 30.7 Å². The zero-order chi connectivity index (χ0) is 12.6. The zero-order valence-corrected chi connectivity index (χ0v) is 12.1. The van der Waals surface area contributed by atoms with Crippen LogP contribution >= 0.6 is 27.5 Å². The van der Waals surface area contributed by atoms with Gasteiger partial charge in [-0.05, 0) is 41.1 Å². The number of nitrogens with zero attached hydrogens (tertiary/aromatic N) is 2. The van der Waals surface area contributed by atoms with E-state index in [1.54, 1.807) is 13.2 Å². The highest BCUT2D eigenvalue weighted by Crippen LogP contribution is 2.35.